The number of aromatic nitrogens is 2. The Bertz CT molecular complexity index is 402. The predicted octanol–water partition coefficient (Wildman–Crippen LogP) is 2.06. The van der Waals surface area contributed by atoms with Gasteiger partial charge in [-0.25, -0.2) is 0 Å². The standard InChI is InChI=1S/C13H23BrN4/c1-3-11-13(14)12(17(2)16-11)9-18-7-5-4-6-10(18)8-15/h10H,3-9,15H2,1-2H3. The van der Waals surface area contributed by atoms with E-state index in [0.717, 1.165) is 31.7 Å². The van der Waals surface area contributed by atoms with Crippen LogP contribution < -0.4 is 5.73 Å². The Morgan fingerprint density at radius 3 is 2.83 bits per heavy atom. The topological polar surface area (TPSA) is 47.1 Å². The molecule has 1 aliphatic rings. The van der Waals surface area contributed by atoms with E-state index >= 15 is 0 Å². The third kappa shape index (κ3) is 2.78. The second-order valence-corrected chi connectivity index (χ2v) is 5.83. The fourth-order valence-corrected chi connectivity index (χ4v) is 3.46. The van der Waals surface area contributed by atoms with Crippen molar-refractivity contribution in [2.24, 2.45) is 12.8 Å². The van der Waals surface area contributed by atoms with E-state index < -0.39 is 0 Å². The molecule has 102 valence electrons. The first-order valence-electron chi connectivity index (χ1n) is 6.81. The van der Waals surface area contributed by atoms with E-state index in [0.29, 0.717) is 6.04 Å². The Morgan fingerprint density at radius 2 is 2.22 bits per heavy atom. The van der Waals surface area contributed by atoms with Crippen LogP contribution >= 0.6 is 15.9 Å². The van der Waals surface area contributed by atoms with Gasteiger partial charge in [0, 0.05) is 26.2 Å². The van der Waals surface area contributed by atoms with Crippen molar-refractivity contribution < 1.29 is 0 Å². The average molecular weight is 315 g/mol. The Kier molecular flexibility index (Phi) is 4.81. The second kappa shape index (κ2) is 6.17. The molecular formula is C13H23BrN4. The van der Waals surface area contributed by atoms with Gasteiger partial charge in [-0.15, -0.1) is 0 Å². The van der Waals surface area contributed by atoms with Gasteiger partial charge in [0.05, 0.1) is 15.9 Å². The predicted molar refractivity (Wildman–Crippen MR) is 77.4 cm³/mol. The summed E-state index contributed by atoms with van der Waals surface area (Å²) in [6, 6.07) is 0.533. The molecule has 1 aliphatic heterocycles. The highest BCUT2D eigenvalue weighted by atomic mass is 79.9. The Morgan fingerprint density at radius 1 is 1.44 bits per heavy atom. The van der Waals surface area contributed by atoms with Crippen LogP contribution in [0.4, 0.5) is 0 Å². The summed E-state index contributed by atoms with van der Waals surface area (Å²) in [5, 5.41) is 4.56. The molecule has 0 radical (unpaired) electrons. The van der Waals surface area contributed by atoms with Crippen molar-refractivity contribution in [1.29, 1.82) is 0 Å². The minimum Gasteiger partial charge on any atom is -0.329 e. The smallest absolute Gasteiger partial charge is 0.0767 e. The van der Waals surface area contributed by atoms with Crippen molar-refractivity contribution in [2.75, 3.05) is 13.1 Å². The zero-order valence-electron chi connectivity index (χ0n) is 11.3. The van der Waals surface area contributed by atoms with Gasteiger partial charge in [0.25, 0.3) is 0 Å². The van der Waals surface area contributed by atoms with E-state index in [9.17, 15) is 0 Å². The minimum absolute atomic E-state index is 0.533. The van der Waals surface area contributed by atoms with E-state index in [-0.39, 0.29) is 0 Å². The summed E-state index contributed by atoms with van der Waals surface area (Å²) >= 11 is 3.69. The highest BCUT2D eigenvalue weighted by Crippen LogP contribution is 2.25. The van der Waals surface area contributed by atoms with E-state index in [1.807, 2.05) is 11.7 Å². The zero-order valence-corrected chi connectivity index (χ0v) is 12.9. The quantitative estimate of drug-likeness (QED) is 0.925. The molecule has 0 spiro atoms. The summed E-state index contributed by atoms with van der Waals surface area (Å²) in [5.41, 5.74) is 8.30. The number of likely N-dealkylation sites (tertiary alicyclic amines) is 1. The number of halogens is 1. The SMILES string of the molecule is CCc1nn(C)c(CN2CCCCC2CN)c1Br. The molecular weight excluding hydrogens is 292 g/mol. The summed E-state index contributed by atoms with van der Waals surface area (Å²) in [4.78, 5) is 2.50. The molecule has 0 aliphatic carbocycles. The fourth-order valence-electron chi connectivity index (χ4n) is 2.72. The van der Waals surface area contributed by atoms with Crippen molar-refractivity contribution in [3.8, 4) is 0 Å². The first kappa shape index (κ1) is 14.0. The van der Waals surface area contributed by atoms with E-state index in [4.69, 9.17) is 5.73 Å². The lowest BCUT2D eigenvalue weighted by molar-refractivity contribution is 0.141. The number of hydrogen-bond donors (Lipinski definition) is 1. The van der Waals surface area contributed by atoms with Crippen LogP contribution in [0.15, 0.2) is 4.47 Å². The van der Waals surface area contributed by atoms with Gasteiger partial charge in [-0.3, -0.25) is 9.58 Å². The maximum absolute atomic E-state index is 5.88. The highest BCUT2D eigenvalue weighted by molar-refractivity contribution is 9.10. The maximum Gasteiger partial charge on any atom is 0.0767 e. The Labute approximate surface area is 118 Å². The average Bonchev–Trinajstić information content (AvgIpc) is 2.66. The molecule has 1 saturated heterocycles. The molecule has 1 aromatic heterocycles. The van der Waals surface area contributed by atoms with E-state index in [2.05, 4.69) is 32.9 Å². The molecule has 2 heterocycles. The minimum atomic E-state index is 0.533. The van der Waals surface area contributed by atoms with Gasteiger partial charge in [-0.1, -0.05) is 13.3 Å². The van der Waals surface area contributed by atoms with Gasteiger partial charge in [-0.2, -0.15) is 5.10 Å². The Hall–Kier alpha value is -0.390. The fraction of sp³-hybridized carbons (Fsp3) is 0.769. The molecule has 0 amide bonds. The van der Waals surface area contributed by atoms with Crippen LogP contribution in [0.25, 0.3) is 0 Å². The number of aryl methyl sites for hydroxylation is 2. The van der Waals surface area contributed by atoms with Crippen molar-refractivity contribution in [3.05, 3.63) is 15.9 Å². The highest BCUT2D eigenvalue weighted by Gasteiger charge is 2.23. The first-order valence-corrected chi connectivity index (χ1v) is 7.61. The largest absolute Gasteiger partial charge is 0.329 e. The molecule has 0 saturated carbocycles. The van der Waals surface area contributed by atoms with Gasteiger partial charge >= 0.3 is 0 Å². The molecule has 4 nitrogen and oxygen atoms in total. The van der Waals surface area contributed by atoms with Gasteiger partial charge in [-0.05, 0) is 41.7 Å². The molecule has 18 heavy (non-hydrogen) atoms. The lowest BCUT2D eigenvalue weighted by Crippen LogP contribution is -2.43. The van der Waals surface area contributed by atoms with Crippen LogP contribution in [0.3, 0.4) is 0 Å². The molecule has 0 aromatic carbocycles. The second-order valence-electron chi connectivity index (χ2n) is 5.04. The van der Waals surface area contributed by atoms with Gasteiger partial charge in [0.1, 0.15) is 0 Å². The van der Waals surface area contributed by atoms with E-state index in [1.54, 1.807) is 0 Å². The molecule has 1 atom stereocenters. The van der Waals surface area contributed by atoms with Crippen LogP contribution in [0.2, 0.25) is 0 Å². The number of hydrogen-bond acceptors (Lipinski definition) is 3. The van der Waals surface area contributed by atoms with Crippen LogP contribution in [-0.4, -0.2) is 33.8 Å². The number of nitrogens with zero attached hydrogens (tertiary/aromatic N) is 3. The van der Waals surface area contributed by atoms with Crippen LogP contribution in [-0.2, 0) is 20.0 Å². The number of rotatable bonds is 4. The molecule has 1 aromatic rings. The first-order chi connectivity index (χ1) is 8.67. The normalized spacial score (nSPS) is 21.4. The van der Waals surface area contributed by atoms with Gasteiger partial charge < -0.3 is 5.73 Å². The molecule has 2 N–H and O–H groups in total. The summed E-state index contributed by atoms with van der Waals surface area (Å²) in [7, 11) is 2.03. The summed E-state index contributed by atoms with van der Waals surface area (Å²) < 4.78 is 3.18. The van der Waals surface area contributed by atoms with Crippen molar-refractivity contribution in [3.63, 3.8) is 0 Å². The summed E-state index contributed by atoms with van der Waals surface area (Å²) in [6.07, 6.45) is 4.79. The van der Waals surface area contributed by atoms with Crippen molar-refractivity contribution >= 4 is 15.9 Å². The number of nitrogens with two attached hydrogens (primary N) is 1. The maximum atomic E-state index is 5.88. The zero-order chi connectivity index (χ0) is 13.1. The van der Waals surface area contributed by atoms with Crippen molar-refractivity contribution in [1.82, 2.24) is 14.7 Å². The van der Waals surface area contributed by atoms with Gasteiger partial charge in [0.15, 0.2) is 0 Å². The Balaban J connectivity index is 2.15. The summed E-state index contributed by atoms with van der Waals surface area (Å²) in [5.74, 6) is 0. The van der Waals surface area contributed by atoms with Crippen molar-refractivity contribution in [2.45, 2.75) is 45.2 Å². The van der Waals surface area contributed by atoms with Crippen LogP contribution in [0, 0.1) is 0 Å². The van der Waals surface area contributed by atoms with Crippen LogP contribution in [0.1, 0.15) is 37.6 Å². The lowest BCUT2D eigenvalue weighted by atomic mass is 10.0. The third-order valence-electron chi connectivity index (χ3n) is 3.88. The molecule has 2 rings (SSSR count). The van der Waals surface area contributed by atoms with Crippen LogP contribution in [0.5, 0.6) is 0 Å². The van der Waals surface area contributed by atoms with Gasteiger partial charge in [0.2, 0.25) is 0 Å². The molecule has 1 fully saturated rings. The lowest BCUT2D eigenvalue weighted by Gasteiger charge is -2.34. The molecule has 1 unspecified atom stereocenters. The third-order valence-corrected chi connectivity index (χ3v) is 4.79. The van der Waals surface area contributed by atoms with E-state index in [1.165, 1.54) is 29.4 Å². The molecule has 5 heteroatoms. The monoisotopic (exact) mass is 314 g/mol. The summed E-state index contributed by atoms with van der Waals surface area (Å²) in [6.45, 7) is 5.00. The molecule has 0 bridgehead atoms. The number of piperidine rings is 1.